The van der Waals surface area contributed by atoms with Gasteiger partial charge in [-0.1, -0.05) is 34.1 Å². The number of carbonyl (C=O) groups is 1. The number of nitrogens with zero attached hydrogens (tertiary/aromatic N) is 2. The molecule has 2 aromatic rings. The normalized spacial score (nSPS) is 10.5. The smallest absolute Gasteiger partial charge is 0.164 e. The van der Waals surface area contributed by atoms with Gasteiger partial charge < -0.3 is 4.57 Å². The zero-order valence-electron chi connectivity index (χ0n) is 9.56. The van der Waals surface area contributed by atoms with E-state index in [0.29, 0.717) is 12.8 Å². The van der Waals surface area contributed by atoms with E-state index in [1.165, 1.54) is 0 Å². The van der Waals surface area contributed by atoms with E-state index in [1.54, 1.807) is 6.20 Å². The van der Waals surface area contributed by atoms with E-state index in [0.717, 1.165) is 15.9 Å². The number of imidazole rings is 1. The second kappa shape index (κ2) is 5.27. The van der Waals surface area contributed by atoms with Gasteiger partial charge in [0.2, 0.25) is 0 Å². The molecule has 0 amide bonds. The highest BCUT2D eigenvalue weighted by atomic mass is 79.9. The maximum atomic E-state index is 12.0. The number of Topliss-reactive ketones (excluding diaryl/α,β-unsaturated/α-hetero) is 1. The predicted molar refractivity (Wildman–Crippen MR) is 70.0 cm³/mol. The molecular weight excluding hydrogens is 280 g/mol. The minimum atomic E-state index is 0.139. The lowest BCUT2D eigenvalue weighted by Crippen LogP contribution is -2.05. The first-order valence-corrected chi connectivity index (χ1v) is 6.21. The van der Waals surface area contributed by atoms with Crippen molar-refractivity contribution in [2.75, 3.05) is 0 Å². The maximum Gasteiger partial charge on any atom is 0.164 e. The number of hydrogen-bond acceptors (Lipinski definition) is 2. The largest absolute Gasteiger partial charge is 0.338 e. The van der Waals surface area contributed by atoms with Gasteiger partial charge in [0, 0.05) is 42.3 Å². The lowest BCUT2D eigenvalue weighted by atomic mass is 10.1. The summed E-state index contributed by atoms with van der Waals surface area (Å²) in [5.41, 5.74) is 0.738. The number of benzene rings is 1. The molecule has 0 radical (unpaired) electrons. The Bertz CT molecular complexity index is 534. The summed E-state index contributed by atoms with van der Waals surface area (Å²) in [7, 11) is 1.94. The number of aromatic nitrogens is 2. The Morgan fingerprint density at radius 2 is 2.18 bits per heavy atom. The molecule has 1 aromatic heterocycles. The molecule has 0 aliphatic heterocycles. The van der Waals surface area contributed by atoms with Crippen LogP contribution in [0, 0.1) is 0 Å². The Morgan fingerprint density at radius 3 is 2.82 bits per heavy atom. The standard InChI is InChI=1S/C13H13BrN2O/c1-16-9-8-15-13(16)7-6-12(17)10-4-2-3-5-11(10)14/h2-5,8-9H,6-7H2,1H3. The van der Waals surface area contributed by atoms with E-state index >= 15 is 0 Å². The second-order valence-corrected chi connectivity index (χ2v) is 4.71. The Kier molecular flexibility index (Phi) is 3.74. The molecule has 0 saturated heterocycles. The van der Waals surface area contributed by atoms with E-state index in [9.17, 15) is 4.79 Å². The third-order valence-electron chi connectivity index (χ3n) is 2.67. The van der Waals surface area contributed by atoms with Gasteiger partial charge in [0.1, 0.15) is 5.82 Å². The molecule has 88 valence electrons. The molecule has 2 rings (SSSR count). The summed E-state index contributed by atoms with van der Waals surface area (Å²) in [6.45, 7) is 0. The fraction of sp³-hybridized carbons (Fsp3) is 0.231. The third kappa shape index (κ3) is 2.82. The van der Waals surface area contributed by atoms with E-state index < -0.39 is 0 Å². The molecule has 1 heterocycles. The molecular formula is C13H13BrN2O. The minimum absolute atomic E-state index is 0.139. The van der Waals surface area contributed by atoms with Crippen LogP contribution >= 0.6 is 15.9 Å². The van der Waals surface area contributed by atoms with E-state index in [-0.39, 0.29) is 5.78 Å². The van der Waals surface area contributed by atoms with Gasteiger partial charge in [-0.15, -0.1) is 0 Å². The van der Waals surface area contributed by atoms with Crippen LogP contribution < -0.4 is 0 Å². The second-order valence-electron chi connectivity index (χ2n) is 3.86. The molecule has 0 aliphatic rings. The Morgan fingerprint density at radius 1 is 1.41 bits per heavy atom. The predicted octanol–water partition coefficient (Wildman–Crippen LogP) is 3.00. The Balaban J connectivity index is 2.04. The van der Waals surface area contributed by atoms with Gasteiger partial charge in [0.05, 0.1) is 0 Å². The van der Waals surface area contributed by atoms with Crippen molar-refractivity contribution in [2.24, 2.45) is 7.05 Å². The molecule has 3 nitrogen and oxygen atoms in total. The van der Waals surface area contributed by atoms with Gasteiger partial charge in [-0.3, -0.25) is 4.79 Å². The van der Waals surface area contributed by atoms with Crippen LogP contribution in [-0.4, -0.2) is 15.3 Å². The highest BCUT2D eigenvalue weighted by molar-refractivity contribution is 9.10. The van der Waals surface area contributed by atoms with Crippen LogP contribution in [0.4, 0.5) is 0 Å². The number of ketones is 1. The quantitative estimate of drug-likeness (QED) is 0.812. The molecule has 1 aromatic carbocycles. The highest BCUT2D eigenvalue weighted by Gasteiger charge is 2.10. The van der Waals surface area contributed by atoms with Gasteiger partial charge in [0.25, 0.3) is 0 Å². The lowest BCUT2D eigenvalue weighted by molar-refractivity contribution is 0.0981. The molecule has 0 bridgehead atoms. The third-order valence-corrected chi connectivity index (χ3v) is 3.36. The van der Waals surface area contributed by atoms with Crippen molar-refractivity contribution in [3.05, 3.63) is 52.5 Å². The number of hydrogen-bond donors (Lipinski definition) is 0. The van der Waals surface area contributed by atoms with Gasteiger partial charge >= 0.3 is 0 Å². The summed E-state index contributed by atoms with van der Waals surface area (Å²) in [4.78, 5) is 16.2. The average Bonchev–Trinajstić information content (AvgIpc) is 2.72. The van der Waals surface area contributed by atoms with E-state index in [4.69, 9.17) is 0 Å². The SMILES string of the molecule is Cn1ccnc1CCC(=O)c1ccccc1Br. The number of rotatable bonds is 4. The number of aryl methyl sites for hydroxylation is 2. The van der Waals surface area contributed by atoms with Crippen molar-refractivity contribution in [2.45, 2.75) is 12.8 Å². The summed E-state index contributed by atoms with van der Waals surface area (Å²) in [5.74, 6) is 1.07. The summed E-state index contributed by atoms with van der Waals surface area (Å²) < 4.78 is 2.79. The molecule has 0 N–H and O–H groups in total. The summed E-state index contributed by atoms with van der Waals surface area (Å²) in [6, 6.07) is 7.50. The number of halogens is 1. The lowest BCUT2D eigenvalue weighted by Gasteiger charge is -2.03. The van der Waals surface area contributed by atoms with Crippen molar-refractivity contribution in [3.8, 4) is 0 Å². The molecule has 0 spiro atoms. The molecule has 4 heteroatoms. The van der Waals surface area contributed by atoms with Crippen molar-refractivity contribution < 1.29 is 4.79 Å². The van der Waals surface area contributed by atoms with E-state index in [2.05, 4.69) is 20.9 Å². The van der Waals surface area contributed by atoms with Crippen LogP contribution in [0.25, 0.3) is 0 Å². The van der Waals surface area contributed by atoms with Crippen LogP contribution in [0.3, 0.4) is 0 Å². The molecule has 0 aliphatic carbocycles. The zero-order chi connectivity index (χ0) is 12.3. The molecule has 0 fully saturated rings. The monoisotopic (exact) mass is 292 g/mol. The highest BCUT2D eigenvalue weighted by Crippen LogP contribution is 2.18. The van der Waals surface area contributed by atoms with Gasteiger partial charge in [-0.25, -0.2) is 4.98 Å². The fourth-order valence-electron chi connectivity index (χ4n) is 1.68. The first-order valence-electron chi connectivity index (χ1n) is 5.42. The molecule has 0 atom stereocenters. The number of carbonyl (C=O) groups excluding carboxylic acids is 1. The molecule has 17 heavy (non-hydrogen) atoms. The van der Waals surface area contributed by atoms with E-state index in [1.807, 2.05) is 42.1 Å². The van der Waals surface area contributed by atoms with Crippen LogP contribution in [0.2, 0.25) is 0 Å². The van der Waals surface area contributed by atoms with Crippen molar-refractivity contribution in [1.82, 2.24) is 9.55 Å². The summed E-state index contributed by atoms with van der Waals surface area (Å²) in [6.07, 6.45) is 4.79. The van der Waals surface area contributed by atoms with Crippen molar-refractivity contribution >= 4 is 21.7 Å². The van der Waals surface area contributed by atoms with Crippen LogP contribution in [0.15, 0.2) is 41.1 Å². The van der Waals surface area contributed by atoms with Gasteiger partial charge in [-0.05, 0) is 6.07 Å². The van der Waals surface area contributed by atoms with Gasteiger partial charge in [-0.2, -0.15) is 0 Å². The first-order chi connectivity index (χ1) is 8.18. The van der Waals surface area contributed by atoms with Crippen molar-refractivity contribution in [3.63, 3.8) is 0 Å². The van der Waals surface area contributed by atoms with Crippen LogP contribution in [-0.2, 0) is 13.5 Å². The minimum Gasteiger partial charge on any atom is -0.338 e. The zero-order valence-corrected chi connectivity index (χ0v) is 11.1. The fourth-order valence-corrected chi connectivity index (χ4v) is 2.19. The average molecular weight is 293 g/mol. The van der Waals surface area contributed by atoms with Crippen molar-refractivity contribution in [1.29, 1.82) is 0 Å². The van der Waals surface area contributed by atoms with Crippen LogP contribution in [0.5, 0.6) is 0 Å². The van der Waals surface area contributed by atoms with Crippen LogP contribution in [0.1, 0.15) is 22.6 Å². The summed E-state index contributed by atoms with van der Waals surface area (Å²) >= 11 is 3.39. The Labute approximate surface area is 109 Å². The molecule has 0 unspecified atom stereocenters. The maximum absolute atomic E-state index is 12.0. The topological polar surface area (TPSA) is 34.9 Å². The first kappa shape index (κ1) is 12.0. The van der Waals surface area contributed by atoms with Gasteiger partial charge in [0.15, 0.2) is 5.78 Å². The Hall–Kier alpha value is -1.42. The summed E-state index contributed by atoms with van der Waals surface area (Å²) in [5, 5.41) is 0. The molecule has 0 saturated carbocycles.